The van der Waals surface area contributed by atoms with E-state index in [2.05, 4.69) is 51.9 Å². The van der Waals surface area contributed by atoms with Crippen LogP contribution < -0.4 is 10.1 Å². The van der Waals surface area contributed by atoms with Gasteiger partial charge in [0.15, 0.2) is 0 Å². The largest absolute Gasteiger partial charge is 0.496 e. The van der Waals surface area contributed by atoms with Gasteiger partial charge in [-0.15, -0.1) is 0 Å². The molecule has 0 aliphatic carbocycles. The summed E-state index contributed by atoms with van der Waals surface area (Å²) in [7, 11) is 1.74. The van der Waals surface area contributed by atoms with Crippen molar-refractivity contribution in [3.05, 3.63) is 48.0 Å². The van der Waals surface area contributed by atoms with Gasteiger partial charge in [-0.3, -0.25) is 4.90 Å². The summed E-state index contributed by atoms with van der Waals surface area (Å²) in [6, 6.07) is 9.04. The average Bonchev–Trinajstić information content (AvgIpc) is 3.04. The summed E-state index contributed by atoms with van der Waals surface area (Å²) in [5.74, 6) is 2.08. The minimum atomic E-state index is 0.303. The molecule has 2 heterocycles. The van der Waals surface area contributed by atoms with E-state index >= 15 is 0 Å². The van der Waals surface area contributed by atoms with Gasteiger partial charge in [0.2, 0.25) is 0 Å². The van der Waals surface area contributed by atoms with E-state index in [0.29, 0.717) is 12.1 Å². The van der Waals surface area contributed by atoms with Gasteiger partial charge < -0.3 is 14.6 Å². The predicted octanol–water partition coefficient (Wildman–Crippen LogP) is 2.62. The van der Waals surface area contributed by atoms with Crippen LogP contribution in [0.3, 0.4) is 0 Å². The van der Waals surface area contributed by atoms with E-state index in [4.69, 9.17) is 4.74 Å². The van der Waals surface area contributed by atoms with Crippen molar-refractivity contribution in [3.63, 3.8) is 0 Å². The fraction of sp³-hybridized carbons (Fsp3) is 0.500. The number of rotatable bonds is 5. The van der Waals surface area contributed by atoms with Crippen molar-refractivity contribution in [3.8, 4) is 5.75 Å². The van der Waals surface area contributed by atoms with Gasteiger partial charge in [-0.2, -0.15) is 0 Å². The highest BCUT2D eigenvalue weighted by Gasteiger charge is 2.27. The number of nitrogens with one attached hydrogen (secondary N) is 1. The lowest BCUT2D eigenvalue weighted by atomic mass is 10.0. The SMILES string of the molecule is COc1ccccc1C1CNCCN1Cc1nccn1C(C)C. The van der Waals surface area contributed by atoms with Gasteiger partial charge in [-0.05, 0) is 19.9 Å². The predicted molar refractivity (Wildman–Crippen MR) is 91.6 cm³/mol. The second-order valence-electron chi connectivity index (χ2n) is 6.28. The number of methoxy groups -OCH3 is 1. The number of para-hydroxylation sites is 1. The molecule has 0 bridgehead atoms. The van der Waals surface area contributed by atoms with Gasteiger partial charge in [0.25, 0.3) is 0 Å². The maximum atomic E-state index is 5.57. The van der Waals surface area contributed by atoms with Crippen LogP contribution in [0.25, 0.3) is 0 Å². The molecule has 1 unspecified atom stereocenters. The summed E-state index contributed by atoms with van der Waals surface area (Å²) in [5.41, 5.74) is 1.24. The number of benzene rings is 1. The fourth-order valence-electron chi connectivity index (χ4n) is 3.30. The molecule has 0 amide bonds. The quantitative estimate of drug-likeness (QED) is 0.921. The molecule has 1 aliphatic heterocycles. The first kappa shape index (κ1) is 16.0. The van der Waals surface area contributed by atoms with Crippen LogP contribution in [0, 0.1) is 0 Å². The van der Waals surface area contributed by atoms with E-state index in [-0.39, 0.29) is 0 Å². The Morgan fingerprint density at radius 2 is 2.17 bits per heavy atom. The fourth-order valence-corrected chi connectivity index (χ4v) is 3.30. The van der Waals surface area contributed by atoms with Crippen LogP contribution in [0.15, 0.2) is 36.7 Å². The van der Waals surface area contributed by atoms with E-state index in [1.807, 2.05) is 18.3 Å². The van der Waals surface area contributed by atoms with E-state index in [0.717, 1.165) is 37.8 Å². The van der Waals surface area contributed by atoms with Crippen molar-refractivity contribution < 1.29 is 4.74 Å². The van der Waals surface area contributed by atoms with Gasteiger partial charge in [0.1, 0.15) is 11.6 Å². The lowest BCUT2D eigenvalue weighted by Gasteiger charge is -2.37. The first-order valence-electron chi connectivity index (χ1n) is 8.30. The van der Waals surface area contributed by atoms with Crippen LogP contribution in [-0.2, 0) is 6.54 Å². The Morgan fingerprint density at radius 3 is 2.96 bits per heavy atom. The van der Waals surface area contributed by atoms with Gasteiger partial charge in [-0.1, -0.05) is 18.2 Å². The van der Waals surface area contributed by atoms with Crippen LogP contribution in [0.2, 0.25) is 0 Å². The van der Waals surface area contributed by atoms with Crippen molar-refractivity contribution in [1.29, 1.82) is 0 Å². The van der Waals surface area contributed by atoms with Crippen molar-refractivity contribution in [1.82, 2.24) is 19.8 Å². The third-order valence-electron chi connectivity index (χ3n) is 4.50. The number of piperazine rings is 1. The van der Waals surface area contributed by atoms with E-state index in [9.17, 15) is 0 Å². The molecule has 0 spiro atoms. The van der Waals surface area contributed by atoms with Gasteiger partial charge >= 0.3 is 0 Å². The third-order valence-corrected chi connectivity index (χ3v) is 4.50. The van der Waals surface area contributed by atoms with Gasteiger partial charge in [0, 0.05) is 43.6 Å². The molecule has 5 nitrogen and oxygen atoms in total. The zero-order chi connectivity index (χ0) is 16.2. The summed E-state index contributed by atoms with van der Waals surface area (Å²) in [5, 5.41) is 3.51. The minimum absolute atomic E-state index is 0.303. The van der Waals surface area contributed by atoms with Crippen LogP contribution >= 0.6 is 0 Å². The molecule has 0 saturated carbocycles. The number of hydrogen-bond donors (Lipinski definition) is 1. The summed E-state index contributed by atoms with van der Waals surface area (Å²) < 4.78 is 7.82. The maximum Gasteiger partial charge on any atom is 0.123 e. The van der Waals surface area contributed by atoms with Gasteiger partial charge in [0.05, 0.1) is 19.7 Å². The summed E-state index contributed by atoms with van der Waals surface area (Å²) in [6.07, 6.45) is 3.97. The highest BCUT2D eigenvalue weighted by Crippen LogP contribution is 2.31. The Labute approximate surface area is 138 Å². The Hall–Kier alpha value is -1.85. The van der Waals surface area contributed by atoms with Gasteiger partial charge in [-0.25, -0.2) is 4.98 Å². The number of hydrogen-bond acceptors (Lipinski definition) is 4. The summed E-state index contributed by atoms with van der Waals surface area (Å²) >= 11 is 0. The zero-order valence-electron chi connectivity index (χ0n) is 14.2. The molecule has 0 radical (unpaired) electrons. The topological polar surface area (TPSA) is 42.3 Å². The smallest absolute Gasteiger partial charge is 0.123 e. The second-order valence-corrected chi connectivity index (χ2v) is 6.28. The van der Waals surface area contributed by atoms with Crippen molar-refractivity contribution in [2.45, 2.75) is 32.5 Å². The Balaban J connectivity index is 1.86. The number of aromatic nitrogens is 2. The molecule has 124 valence electrons. The lowest BCUT2D eigenvalue weighted by molar-refractivity contribution is 0.145. The molecule has 1 saturated heterocycles. The normalized spacial score (nSPS) is 19.2. The standard InChI is InChI=1S/C18H26N4O/c1-14(2)22-11-9-20-18(22)13-21-10-8-19-12-16(21)15-6-4-5-7-17(15)23-3/h4-7,9,11,14,16,19H,8,10,12-13H2,1-3H3. The molecule has 2 aromatic rings. The average molecular weight is 314 g/mol. The first-order chi connectivity index (χ1) is 11.2. The van der Waals surface area contributed by atoms with Crippen molar-refractivity contribution in [2.24, 2.45) is 0 Å². The lowest BCUT2D eigenvalue weighted by Crippen LogP contribution is -2.46. The minimum Gasteiger partial charge on any atom is -0.496 e. The highest BCUT2D eigenvalue weighted by molar-refractivity contribution is 5.36. The summed E-state index contributed by atoms with van der Waals surface area (Å²) in [6.45, 7) is 8.20. The molecule has 1 atom stereocenters. The van der Waals surface area contributed by atoms with Crippen LogP contribution in [0.4, 0.5) is 0 Å². The molecule has 5 heteroatoms. The molecule has 23 heavy (non-hydrogen) atoms. The highest BCUT2D eigenvalue weighted by atomic mass is 16.5. The molecule has 1 fully saturated rings. The Kier molecular flexibility index (Phi) is 4.98. The zero-order valence-corrected chi connectivity index (χ0v) is 14.2. The number of imidazole rings is 1. The van der Waals surface area contributed by atoms with Crippen LogP contribution in [-0.4, -0.2) is 41.2 Å². The third kappa shape index (κ3) is 3.41. The number of ether oxygens (including phenoxy) is 1. The molecular formula is C18H26N4O. The second kappa shape index (κ2) is 7.15. The van der Waals surface area contributed by atoms with Crippen molar-refractivity contribution in [2.75, 3.05) is 26.7 Å². The number of nitrogens with zero attached hydrogens (tertiary/aromatic N) is 3. The molecule has 1 N–H and O–H groups in total. The maximum absolute atomic E-state index is 5.57. The molecule has 1 aliphatic rings. The monoisotopic (exact) mass is 314 g/mol. The van der Waals surface area contributed by atoms with Crippen molar-refractivity contribution >= 4 is 0 Å². The van der Waals surface area contributed by atoms with E-state index in [1.54, 1.807) is 7.11 Å². The molecule has 1 aromatic carbocycles. The Morgan fingerprint density at radius 1 is 1.35 bits per heavy atom. The van der Waals surface area contributed by atoms with E-state index < -0.39 is 0 Å². The van der Waals surface area contributed by atoms with E-state index in [1.165, 1.54) is 5.56 Å². The first-order valence-corrected chi connectivity index (χ1v) is 8.30. The summed E-state index contributed by atoms with van der Waals surface area (Å²) in [4.78, 5) is 7.07. The molecule has 3 rings (SSSR count). The van der Waals surface area contributed by atoms with Crippen LogP contribution in [0.5, 0.6) is 5.75 Å². The molecular weight excluding hydrogens is 288 g/mol. The van der Waals surface area contributed by atoms with Crippen LogP contribution in [0.1, 0.15) is 37.3 Å². The Bertz CT molecular complexity index is 637. The molecule has 1 aromatic heterocycles.